The number of hydrogen-bond donors (Lipinski definition) is 1. The summed E-state index contributed by atoms with van der Waals surface area (Å²) in [7, 11) is -2.25. The van der Waals surface area contributed by atoms with Crippen molar-refractivity contribution in [3.05, 3.63) is 45.3 Å². The Hall–Kier alpha value is -2.76. The number of thiophene rings is 1. The molecule has 1 amide bonds. The van der Waals surface area contributed by atoms with Crippen LogP contribution < -0.4 is 15.6 Å². The zero-order valence-electron chi connectivity index (χ0n) is 19.3. The van der Waals surface area contributed by atoms with Crippen LogP contribution in [-0.4, -0.2) is 48.4 Å². The molecule has 3 rings (SSSR count). The molecule has 0 atom stereocenters. The minimum Gasteiger partial charge on any atom is -0.495 e. The second-order valence-corrected chi connectivity index (χ2v) is 10.6. The van der Waals surface area contributed by atoms with Gasteiger partial charge in [0.15, 0.2) is 0 Å². The van der Waals surface area contributed by atoms with Crippen LogP contribution in [-0.2, 0) is 21.4 Å². The molecule has 0 spiro atoms. The minimum absolute atomic E-state index is 0.00539. The molecule has 0 aliphatic rings. The average molecular weight is 493 g/mol. The smallest absolute Gasteiger partial charge is 0.262 e. The fourth-order valence-electron chi connectivity index (χ4n) is 3.52. The molecule has 0 aliphatic heterocycles. The number of carbonyl (C=O) groups excluding carboxylic acids is 1. The molecule has 0 bridgehead atoms. The lowest BCUT2D eigenvalue weighted by Gasteiger charge is -2.19. The van der Waals surface area contributed by atoms with E-state index in [0.29, 0.717) is 29.1 Å². The Morgan fingerprint density at radius 2 is 1.94 bits per heavy atom. The highest BCUT2D eigenvalue weighted by molar-refractivity contribution is 7.89. The Kier molecular flexibility index (Phi) is 7.55. The molecule has 2 heterocycles. The zero-order chi connectivity index (χ0) is 24.3. The Morgan fingerprint density at radius 3 is 2.58 bits per heavy atom. The van der Waals surface area contributed by atoms with Crippen LogP contribution in [0.4, 0.5) is 5.69 Å². The number of aryl methyl sites for hydroxylation is 3. The van der Waals surface area contributed by atoms with E-state index in [9.17, 15) is 18.0 Å². The molecule has 0 unspecified atom stereocenters. The highest BCUT2D eigenvalue weighted by Crippen LogP contribution is 2.29. The maximum absolute atomic E-state index is 12.8. The molecule has 2 aromatic heterocycles. The number of methoxy groups -OCH3 is 1. The number of rotatable bonds is 9. The standard InChI is InChI=1S/C22H28N4O5S2/c1-6-26(7-2)33(29,30)16-8-9-18(31-5)17(12-16)24-19(27)10-11-25-13-23-21-20(22(25)28)14(3)15(4)32-21/h8-9,12-13H,6-7,10-11H2,1-5H3,(H,24,27). The zero-order valence-corrected chi connectivity index (χ0v) is 21.0. The minimum atomic E-state index is -3.69. The van der Waals surface area contributed by atoms with Crippen LogP contribution in [0.25, 0.3) is 10.2 Å². The Bertz CT molecular complexity index is 1340. The van der Waals surface area contributed by atoms with Gasteiger partial charge in [-0.2, -0.15) is 4.31 Å². The summed E-state index contributed by atoms with van der Waals surface area (Å²) in [4.78, 5) is 31.6. The van der Waals surface area contributed by atoms with Crippen molar-refractivity contribution in [2.75, 3.05) is 25.5 Å². The van der Waals surface area contributed by atoms with Gasteiger partial charge in [-0.1, -0.05) is 13.8 Å². The molecule has 11 heteroatoms. The van der Waals surface area contributed by atoms with Gasteiger partial charge in [-0.05, 0) is 37.6 Å². The average Bonchev–Trinajstić information content (AvgIpc) is 3.08. The Morgan fingerprint density at radius 1 is 1.24 bits per heavy atom. The van der Waals surface area contributed by atoms with Gasteiger partial charge >= 0.3 is 0 Å². The Labute approximate surface area is 197 Å². The number of ether oxygens (including phenoxy) is 1. The summed E-state index contributed by atoms with van der Waals surface area (Å²) >= 11 is 1.47. The van der Waals surface area contributed by atoms with Crippen LogP contribution in [0.5, 0.6) is 5.75 Å². The summed E-state index contributed by atoms with van der Waals surface area (Å²) in [5.41, 5.74) is 0.975. The van der Waals surface area contributed by atoms with E-state index in [1.54, 1.807) is 13.8 Å². The molecule has 1 N–H and O–H groups in total. The number of anilines is 1. The molecule has 0 radical (unpaired) electrons. The number of hydrogen-bond acceptors (Lipinski definition) is 7. The van der Waals surface area contributed by atoms with Crippen LogP contribution in [0.2, 0.25) is 0 Å². The van der Waals surface area contributed by atoms with Crippen molar-refractivity contribution < 1.29 is 17.9 Å². The first-order chi connectivity index (χ1) is 15.6. The van der Waals surface area contributed by atoms with Gasteiger partial charge in [0, 0.05) is 30.9 Å². The van der Waals surface area contributed by atoms with E-state index in [1.165, 1.54) is 51.8 Å². The molecular formula is C22H28N4O5S2. The second kappa shape index (κ2) is 10.0. The van der Waals surface area contributed by atoms with Crippen LogP contribution in [0, 0.1) is 13.8 Å². The lowest BCUT2D eigenvalue weighted by molar-refractivity contribution is -0.116. The number of fused-ring (bicyclic) bond motifs is 1. The number of aromatic nitrogens is 2. The Balaban J connectivity index is 1.80. The largest absolute Gasteiger partial charge is 0.495 e. The van der Waals surface area contributed by atoms with Crippen molar-refractivity contribution in [1.82, 2.24) is 13.9 Å². The van der Waals surface area contributed by atoms with E-state index in [-0.39, 0.29) is 35.0 Å². The summed E-state index contributed by atoms with van der Waals surface area (Å²) in [6.07, 6.45) is 1.45. The van der Waals surface area contributed by atoms with Gasteiger partial charge < -0.3 is 10.1 Å². The van der Waals surface area contributed by atoms with E-state index < -0.39 is 10.0 Å². The molecule has 0 saturated carbocycles. The number of amides is 1. The van der Waals surface area contributed by atoms with E-state index >= 15 is 0 Å². The van der Waals surface area contributed by atoms with Crippen LogP contribution in [0.15, 0.2) is 34.2 Å². The third-order valence-electron chi connectivity index (χ3n) is 5.52. The van der Waals surface area contributed by atoms with Gasteiger partial charge in [0.05, 0.1) is 29.4 Å². The highest BCUT2D eigenvalue weighted by atomic mass is 32.2. The van der Waals surface area contributed by atoms with E-state index in [4.69, 9.17) is 4.74 Å². The summed E-state index contributed by atoms with van der Waals surface area (Å²) < 4.78 is 33.7. The fourth-order valence-corrected chi connectivity index (χ4v) is 5.99. The number of benzene rings is 1. The van der Waals surface area contributed by atoms with E-state index in [1.807, 2.05) is 13.8 Å². The third kappa shape index (κ3) is 4.94. The topological polar surface area (TPSA) is 111 Å². The predicted octanol–water partition coefficient (Wildman–Crippen LogP) is 3.14. The summed E-state index contributed by atoms with van der Waals surface area (Å²) in [5.74, 6) is -0.0395. The van der Waals surface area contributed by atoms with Crippen molar-refractivity contribution in [1.29, 1.82) is 0 Å². The molecule has 0 fully saturated rings. The lowest BCUT2D eigenvalue weighted by atomic mass is 10.2. The van der Waals surface area contributed by atoms with Crippen molar-refractivity contribution in [2.24, 2.45) is 0 Å². The lowest BCUT2D eigenvalue weighted by Crippen LogP contribution is -2.30. The fraction of sp³-hybridized carbons (Fsp3) is 0.409. The first-order valence-electron chi connectivity index (χ1n) is 10.6. The molecule has 178 valence electrons. The first-order valence-corrected chi connectivity index (χ1v) is 12.8. The summed E-state index contributed by atoms with van der Waals surface area (Å²) in [6.45, 7) is 8.18. The van der Waals surface area contributed by atoms with Crippen molar-refractivity contribution >= 4 is 43.2 Å². The monoisotopic (exact) mass is 492 g/mol. The van der Waals surface area contributed by atoms with Crippen molar-refractivity contribution in [3.8, 4) is 5.75 Å². The number of sulfonamides is 1. The molecule has 1 aromatic carbocycles. The number of nitrogens with one attached hydrogen (secondary N) is 1. The van der Waals surface area contributed by atoms with Crippen molar-refractivity contribution in [3.63, 3.8) is 0 Å². The van der Waals surface area contributed by atoms with Gasteiger partial charge in [0.2, 0.25) is 15.9 Å². The molecule has 33 heavy (non-hydrogen) atoms. The van der Waals surface area contributed by atoms with Crippen molar-refractivity contribution in [2.45, 2.75) is 45.6 Å². The molecule has 0 aliphatic carbocycles. The summed E-state index contributed by atoms with van der Waals surface area (Å²) in [6, 6.07) is 4.35. The maximum Gasteiger partial charge on any atom is 0.262 e. The SMILES string of the molecule is CCN(CC)S(=O)(=O)c1ccc(OC)c(NC(=O)CCn2cnc3sc(C)c(C)c3c2=O)c1. The van der Waals surface area contributed by atoms with Gasteiger partial charge in [-0.3, -0.25) is 14.2 Å². The van der Waals surface area contributed by atoms with E-state index in [2.05, 4.69) is 10.3 Å². The molecule has 9 nitrogen and oxygen atoms in total. The summed E-state index contributed by atoms with van der Waals surface area (Å²) in [5, 5.41) is 3.29. The van der Waals surface area contributed by atoms with Crippen LogP contribution >= 0.6 is 11.3 Å². The number of nitrogens with zero attached hydrogens (tertiary/aromatic N) is 3. The van der Waals surface area contributed by atoms with E-state index in [0.717, 1.165) is 10.4 Å². The van der Waals surface area contributed by atoms with Gasteiger partial charge in [-0.25, -0.2) is 13.4 Å². The number of carbonyl (C=O) groups is 1. The maximum atomic E-state index is 12.8. The quantitative estimate of drug-likeness (QED) is 0.491. The van der Waals surface area contributed by atoms with Crippen LogP contribution in [0.1, 0.15) is 30.7 Å². The van der Waals surface area contributed by atoms with Crippen LogP contribution in [0.3, 0.4) is 0 Å². The van der Waals surface area contributed by atoms with Gasteiger partial charge in [-0.15, -0.1) is 11.3 Å². The molecular weight excluding hydrogens is 464 g/mol. The molecule has 0 saturated heterocycles. The second-order valence-electron chi connectivity index (χ2n) is 7.46. The van der Waals surface area contributed by atoms with Gasteiger partial charge in [0.25, 0.3) is 5.56 Å². The third-order valence-corrected chi connectivity index (χ3v) is 8.68. The van der Waals surface area contributed by atoms with Gasteiger partial charge in [0.1, 0.15) is 10.6 Å². The first kappa shape index (κ1) is 24.9. The normalized spacial score (nSPS) is 11.8. The molecule has 3 aromatic rings. The highest BCUT2D eigenvalue weighted by Gasteiger charge is 2.23. The predicted molar refractivity (Wildman–Crippen MR) is 130 cm³/mol.